The lowest BCUT2D eigenvalue weighted by Crippen LogP contribution is -2.17. The second-order valence-electron chi connectivity index (χ2n) is 4.40. The minimum absolute atomic E-state index is 0.412. The summed E-state index contributed by atoms with van der Waals surface area (Å²) >= 11 is 0. The molecule has 0 saturated heterocycles. The second-order valence-corrected chi connectivity index (χ2v) is 4.40. The first-order chi connectivity index (χ1) is 8.56. The van der Waals surface area contributed by atoms with Gasteiger partial charge >= 0.3 is 5.97 Å². The maximum atomic E-state index is 11.2. The molecule has 0 amide bonds. The Morgan fingerprint density at radius 3 is 2.78 bits per heavy atom. The number of hydrogen-bond donors (Lipinski definition) is 1. The first kappa shape index (κ1) is 14.3. The smallest absolute Gasteiger partial charge is 0.307 e. The van der Waals surface area contributed by atoms with Crippen molar-refractivity contribution in [3.8, 4) is 5.75 Å². The van der Waals surface area contributed by atoms with E-state index in [0.29, 0.717) is 12.8 Å². The van der Waals surface area contributed by atoms with E-state index < -0.39 is 11.9 Å². The number of carboxylic acid groups (broad SMARTS) is 1. The molecule has 1 atom stereocenters. The maximum absolute atomic E-state index is 11.2. The zero-order valence-electron chi connectivity index (χ0n) is 11.0. The molecule has 0 heterocycles. The number of carbonyl (C=O) groups is 1. The number of methoxy groups -OCH3 is 1. The van der Waals surface area contributed by atoms with E-state index in [9.17, 15) is 9.90 Å². The molecule has 0 spiro atoms. The summed E-state index contributed by atoms with van der Waals surface area (Å²) in [6.45, 7) is 5.88. The van der Waals surface area contributed by atoms with Gasteiger partial charge < -0.3 is 9.84 Å². The molecule has 0 aliphatic heterocycles. The zero-order chi connectivity index (χ0) is 13.5. The van der Waals surface area contributed by atoms with Crippen LogP contribution in [0.4, 0.5) is 0 Å². The fourth-order valence-corrected chi connectivity index (χ4v) is 1.82. The van der Waals surface area contributed by atoms with Gasteiger partial charge in [0.25, 0.3) is 0 Å². The predicted molar refractivity (Wildman–Crippen MR) is 71.9 cm³/mol. The van der Waals surface area contributed by atoms with Crippen molar-refractivity contribution in [1.29, 1.82) is 0 Å². The lowest BCUT2D eigenvalue weighted by atomic mass is 9.92. The Bertz CT molecular complexity index is 424. The Hall–Kier alpha value is -1.77. The van der Waals surface area contributed by atoms with Crippen molar-refractivity contribution in [2.24, 2.45) is 5.92 Å². The molecule has 18 heavy (non-hydrogen) atoms. The lowest BCUT2D eigenvalue weighted by molar-refractivity contribution is -0.141. The van der Waals surface area contributed by atoms with Gasteiger partial charge in [0.1, 0.15) is 5.75 Å². The SMILES string of the molecule is C=C(CC)CC(Cc1cccc(OC)c1)C(=O)O. The number of ether oxygens (including phenoxy) is 1. The second kappa shape index (κ2) is 6.84. The third kappa shape index (κ3) is 4.24. The zero-order valence-corrected chi connectivity index (χ0v) is 11.0. The first-order valence-corrected chi connectivity index (χ1v) is 6.09. The van der Waals surface area contributed by atoms with Gasteiger partial charge in [-0.15, -0.1) is 0 Å². The Balaban J connectivity index is 2.76. The van der Waals surface area contributed by atoms with Crippen molar-refractivity contribution in [1.82, 2.24) is 0 Å². The first-order valence-electron chi connectivity index (χ1n) is 6.09. The number of allylic oxidation sites excluding steroid dienone is 1. The quantitative estimate of drug-likeness (QED) is 0.753. The molecule has 0 saturated carbocycles. The van der Waals surface area contributed by atoms with Crippen LogP contribution in [0.25, 0.3) is 0 Å². The predicted octanol–water partition coefficient (Wildman–Crippen LogP) is 3.29. The number of hydrogen-bond acceptors (Lipinski definition) is 2. The van der Waals surface area contributed by atoms with Crippen LogP contribution >= 0.6 is 0 Å². The summed E-state index contributed by atoms with van der Waals surface area (Å²) in [5.41, 5.74) is 1.95. The van der Waals surface area contributed by atoms with E-state index in [4.69, 9.17) is 4.74 Å². The highest BCUT2D eigenvalue weighted by atomic mass is 16.5. The van der Waals surface area contributed by atoms with Gasteiger partial charge in [0, 0.05) is 0 Å². The van der Waals surface area contributed by atoms with E-state index in [2.05, 4.69) is 6.58 Å². The fraction of sp³-hybridized carbons (Fsp3) is 0.400. The minimum atomic E-state index is -0.771. The van der Waals surface area contributed by atoms with E-state index in [1.165, 1.54) is 0 Å². The van der Waals surface area contributed by atoms with Crippen LogP contribution in [0.15, 0.2) is 36.4 Å². The highest BCUT2D eigenvalue weighted by molar-refractivity contribution is 5.70. The molecule has 1 aromatic carbocycles. The van der Waals surface area contributed by atoms with Crippen LogP contribution < -0.4 is 4.74 Å². The van der Waals surface area contributed by atoms with Crippen molar-refractivity contribution < 1.29 is 14.6 Å². The fourth-order valence-electron chi connectivity index (χ4n) is 1.82. The molecular formula is C15H20O3. The number of benzene rings is 1. The van der Waals surface area contributed by atoms with Crippen LogP contribution in [0.3, 0.4) is 0 Å². The lowest BCUT2D eigenvalue weighted by Gasteiger charge is -2.14. The minimum Gasteiger partial charge on any atom is -0.497 e. The van der Waals surface area contributed by atoms with Crippen LogP contribution in [0, 0.1) is 5.92 Å². The Morgan fingerprint density at radius 2 is 2.22 bits per heavy atom. The van der Waals surface area contributed by atoms with Crippen LogP contribution in [0.5, 0.6) is 5.75 Å². The molecule has 0 aliphatic rings. The average molecular weight is 248 g/mol. The van der Waals surface area contributed by atoms with Crippen molar-refractivity contribution in [3.05, 3.63) is 42.0 Å². The number of carboxylic acids is 1. The molecule has 0 aromatic heterocycles. The van der Waals surface area contributed by atoms with Crippen LogP contribution in [0.2, 0.25) is 0 Å². The third-order valence-corrected chi connectivity index (χ3v) is 3.00. The summed E-state index contributed by atoms with van der Waals surface area (Å²) < 4.78 is 5.13. The molecule has 0 aliphatic carbocycles. The number of aliphatic carboxylic acids is 1. The van der Waals surface area contributed by atoms with E-state index >= 15 is 0 Å². The normalized spacial score (nSPS) is 11.9. The van der Waals surface area contributed by atoms with Gasteiger partial charge in [-0.3, -0.25) is 4.79 Å². The highest BCUT2D eigenvalue weighted by Crippen LogP contribution is 2.21. The van der Waals surface area contributed by atoms with Gasteiger partial charge in [0.2, 0.25) is 0 Å². The standard InChI is InChI=1S/C15H20O3/c1-4-11(2)8-13(15(16)17)9-12-6-5-7-14(10-12)18-3/h5-7,10,13H,2,4,8-9H2,1,3H3,(H,16,17). The van der Waals surface area contributed by atoms with Crippen molar-refractivity contribution in [3.63, 3.8) is 0 Å². The summed E-state index contributed by atoms with van der Waals surface area (Å²) in [6, 6.07) is 7.53. The van der Waals surface area contributed by atoms with Crippen molar-refractivity contribution >= 4 is 5.97 Å². The van der Waals surface area contributed by atoms with Crippen LogP contribution in [0.1, 0.15) is 25.3 Å². The van der Waals surface area contributed by atoms with Gasteiger partial charge in [-0.2, -0.15) is 0 Å². The van der Waals surface area contributed by atoms with Gasteiger partial charge in [-0.05, 0) is 37.0 Å². The molecule has 0 fully saturated rings. The molecule has 0 bridgehead atoms. The Kier molecular flexibility index (Phi) is 5.43. The van der Waals surface area contributed by atoms with Crippen molar-refractivity contribution in [2.45, 2.75) is 26.2 Å². The molecule has 0 radical (unpaired) electrons. The molecule has 1 rings (SSSR count). The van der Waals surface area contributed by atoms with E-state index in [-0.39, 0.29) is 0 Å². The molecule has 1 unspecified atom stereocenters. The summed E-state index contributed by atoms with van der Waals surface area (Å²) in [4.78, 5) is 11.2. The monoisotopic (exact) mass is 248 g/mol. The molecule has 3 nitrogen and oxygen atoms in total. The van der Waals surface area contributed by atoms with E-state index in [1.54, 1.807) is 7.11 Å². The van der Waals surface area contributed by atoms with E-state index in [1.807, 2.05) is 31.2 Å². The van der Waals surface area contributed by atoms with Gasteiger partial charge in [0.05, 0.1) is 13.0 Å². The van der Waals surface area contributed by atoms with Gasteiger partial charge in [-0.1, -0.05) is 31.2 Å². The van der Waals surface area contributed by atoms with Crippen molar-refractivity contribution in [2.75, 3.05) is 7.11 Å². The summed E-state index contributed by atoms with van der Waals surface area (Å²) in [5, 5.41) is 9.23. The highest BCUT2D eigenvalue weighted by Gasteiger charge is 2.18. The van der Waals surface area contributed by atoms with Gasteiger partial charge in [0.15, 0.2) is 0 Å². The third-order valence-electron chi connectivity index (χ3n) is 3.00. The Morgan fingerprint density at radius 1 is 1.50 bits per heavy atom. The van der Waals surface area contributed by atoms with E-state index in [0.717, 1.165) is 23.3 Å². The number of rotatable bonds is 7. The molecule has 1 N–H and O–H groups in total. The largest absolute Gasteiger partial charge is 0.497 e. The summed E-state index contributed by atoms with van der Waals surface area (Å²) in [6.07, 6.45) is 1.86. The van der Waals surface area contributed by atoms with Crippen LogP contribution in [-0.2, 0) is 11.2 Å². The average Bonchev–Trinajstić information content (AvgIpc) is 2.37. The molecule has 3 heteroatoms. The van der Waals surface area contributed by atoms with Gasteiger partial charge in [-0.25, -0.2) is 0 Å². The molecular weight excluding hydrogens is 228 g/mol. The van der Waals surface area contributed by atoms with Crippen LogP contribution in [-0.4, -0.2) is 18.2 Å². The Labute approximate surface area is 108 Å². The topological polar surface area (TPSA) is 46.5 Å². The molecule has 98 valence electrons. The summed E-state index contributed by atoms with van der Waals surface area (Å²) in [5.74, 6) is -0.428. The molecule has 1 aromatic rings. The summed E-state index contributed by atoms with van der Waals surface area (Å²) in [7, 11) is 1.60. The maximum Gasteiger partial charge on any atom is 0.307 e.